The van der Waals surface area contributed by atoms with Gasteiger partial charge in [0, 0.05) is 12.5 Å². The summed E-state index contributed by atoms with van der Waals surface area (Å²) in [5, 5.41) is 9.63. The molecule has 0 aliphatic heterocycles. The van der Waals surface area contributed by atoms with Crippen molar-refractivity contribution in [2.75, 3.05) is 20.3 Å². The Kier molecular flexibility index (Phi) is 5.78. The van der Waals surface area contributed by atoms with Crippen LogP contribution in [0.5, 0.6) is 5.75 Å². The van der Waals surface area contributed by atoms with Crippen molar-refractivity contribution >= 4 is 0 Å². The fraction of sp³-hybridized carbons (Fsp3) is 0.333. The molecule has 0 radical (unpaired) electrons. The van der Waals surface area contributed by atoms with Crippen molar-refractivity contribution in [2.45, 2.75) is 12.3 Å². The summed E-state index contributed by atoms with van der Waals surface area (Å²) >= 11 is 0. The third-order valence-electron chi connectivity index (χ3n) is 3.95. The summed E-state index contributed by atoms with van der Waals surface area (Å²) in [5.74, 6) is 1.09. The van der Waals surface area contributed by atoms with Gasteiger partial charge in [-0.1, -0.05) is 42.5 Å². The summed E-state index contributed by atoms with van der Waals surface area (Å²) in [5.41, 5.74) is 8.29. The minimum atomic E-state index is 0.0543. The van der Waals surface area contributed by atoms with Gasteiger partial charge >= 0.3 is 0 Å². The van der Waals surface area contributed by atoms with Crippen molar-refractivity contribution in [3.8, 4) is 5.75 Å². The molecule has 0 aliphatic carbocycles. The van der Waals surface area contributed by atoms with Gasteiger partial charge in [0.2, 0.25) is 0 Å². The Morgan fingerprint density at radius 1 is 1.05 bits per heavy atom. The molecule has 3 N–H and O–H groups in total. The van der Waals surface area contributed by atoms with Crippen LogP contribution in [-0.4, -0.2) is 25.4 Å². The molecule has 21 heavy (non-hydrogen) atoms. The van der Waals surface area contributed by atoms with Gasteiger partial charge in [0.25, 0.3) is 0 Å². The summed E-state index contributed by atoms with van der Waals surface area (Å²) < 4.78 is 5.21. The van der Waals surface area contributed by atoms with Gasteiger partial charge in [-0.2, -0.15) is 0 Å². The van der Waals surface area contributed by atoms with Gasteiger partial charge in [0.15, 0.2) is 0 Å². The molecule has 0 aliphatic rings. The van der Waals surface area contributed by atoms with Crippen LogP contribution in [0.4, 0.5) is 0 Å². The molecule has 0 saturated carbocycles. The molecule has 0 bridgehead atoms. The maximum atomic E-state index is 9.63. The van der Waals surface area contributed by atoms with E-state index in [1.807, 2.05) is 30.3 Å². The van der Waals surface area contributed by atoms with Crippen molar-refractivity contribution in [1.29, 1.82) is 0 Å². The monoisotopic (exact) mass is 285 g/mol. The zero-order valence-corrected chi connectivity index (χ0v) is 12.4. The Hall–Kier alpha value is -1.84. The molecule has 2 rings (SSSR count). The van der Waals surface area contributed by atoms with Crippen molar-refractivity contribution in [1.82, 2.24) is 0 Å². The van der Waals surface area contributed by atoms with Gasteiger partial charge < -0.3 is 15.6 Å². The lowest BCUT2D eigenvalue weighted by Crippen LogP contribution is -2.26. The van der Waals surface area contributed by atoms with Gasteiger partial charge in [-0.05, 0) is 42.1 Å². The number of hydrogen-bond donors (Lipinski definition) is 2. The topological polar surface area (TPSA) is 55.5 Å². The number of hydrogen-bond acceptors (Lipinski definition) is 3. The highest BCUT2D eigenvalue weighted by Gasteiger charge is 2.22. The van der Waals surface area contributed by atoms with E-state index in [0.717, 1.165) is 12.2 Å². The first-order valence-corrected chi connectivity index (χ1v) is 7.27. The summed E-state index contributed by atoms with van der Waals surface area (Å²) in [6.45, 7) is 0.570. The van der Waals surface area contributed by atoms with Gasteiger partial charge in [-0.15, -0.1) is 0 Å². The van der Waals surface area contributed by atoms with Crippen molar-refractivity contribution in [3.05, 3.63) is 65.7 Å². The van der Waals surface area contributed by atoms with Crippen LogP contribution in [0.3, 0.4) is 0 Å². The predicted molar refractivity (Wildman–Crippen MR) is 85.5 cm³/mol. The molecule has 3 heteroatoms. The predicted octanol–water partition coefficient (Wildman–Crippen LogP) is 2.59. The van der Waals surface area contributed by atoms with Gasteiger partial charge in [0.1, 0.15) is 5.75 Å². The molecule has 0 heterocycles. The van der Waals surface area contributed by atoms with Gasteiger partial charge in [-0.25, -0.2) is 0 Å². The van der Waals surface area contributed by atoms with Gasteiger partial charge in [-0.3, -0.25) is 0 Å². The van der Waals surface area contributed by atoms with Crippen LogP contribution in [0, 0.1) is 5.92 Å². The van der Waals surface area contributed by atoms with Crippen LogP contribution >= 0.6 is 0 Å². The minimum absolute atomic E-state index is 0.0543. The van der Waals surface area contributed by atoms with Crippen LogP contribution in [-0.2, 0) is 6.42 Å². The van der Waals surface area contributed by atoms with Crippen LogP contribution in [0.15, 0.2) is 54.6 Å². The SMILES string of the molecule is COc1ccc([C@H](Cc2ccccc2)[C@@H](CN)CO)cc1. The molecule has 0 aromatic heterocycles. The Morgan fingerprint density at radius 3 is 2.24 bits per heavy atom. The lowest BCUT2D eigenvalue weighted by atomic mass is 9.82. The molecule has 0 spiro atoms. The molecule has 0 unspecified atom stereocenters. The summed E-state index contributed by atoms with van der Waals surface area (Å²) in [7, 11) is 1.66. The minimum Gasteiger partial charge on any atom is -0.497 e. The highest BCUT2D eigenvalue weighted by Crippen LogP contribution is 2.29. The van der Waals surface area contributed by atoms with E-state index in [9.17, 15) is 5.11 Å². The smallest absolute Gasteiger partial charge is 0.118 e. The molecular weight excluding hydrogens is 262 g/mol. The van der Waals surface area contributed by atoms with E-state index >= 15 is 0 Å². The largest absolute Gasteiger partial charge is 0.497 e. The lowest BCUT2D eigenvalue weighted by Gasteiger charge is -2.25. The average molecular weight is 285 g/mol. The van der Waals surface area contributed by atoms with E-state index in [0.29, 0.717) is 6.54 Å². The maximum absolute atomic E-state index is 9.63. The van der Waals surface area contributed by atoms with Crippen LogP contribution in [0.25, 0.3) is 0 Å². The second-order valence-corrected chi connectivity index (χ2v) is 5.25. The van der Waals surface area contributed by atoms with E-state index in [1.165, 1.54) is 11.1 Å². The molecule has 2 atom stereocenters. The quantitative estimate of drug-likeness (QED) is 0.822. The molecule has 2 aromatic carbocycles. The number of aliphatic hydroxyl groups is 1. The number of nitrogens with two attached hydrogens (primary N) is 1. The van der Waals surface area contributed by atoms with E-state index in [-0.39, 0.29) is 18.4 Å². The summed E-state index contributed by atoms with van der Waals surface area (Å²) in [6, 6.07) is 18.3. The molecule has 0 amide bonds. The Bertz CT molecular complexity index is 521. The first kappa shape index (κ1) is 15.5. The second-order valence-electron chi connectivity index (χ2n) is 5.25. The fourth-order valence-electron chi connectivity index (χ4n) is 2.64. The van der Waals surface area contributed by atoms with Crippen LogP contribution < -0.4 is 10.5 Å². The number of rotatable bonds is 7. The van der Waals surface area contributed by atoms with E-state index < -0.39 is 0 Å². The number of aliphatic hydroxyl groups excluding tert-OH is 1. The Balaban J connectivity index is 2.26. The Labute approximate surface area is 126 Å². The lowest BCUT2D eigenvalue weighted by molar-refractivity contribution is 0.207. The maximum Gasteiger partial charge on any atom is 0.118 e. The molecule has 112 valence electrons. The van der Waals surface area contributed by atoms with Gasteiger partial charge in [0.05, 0.1) is 7.11 Å². The number of methoxy groups -OCH3 is 1. The third-order valence-corrected chi connectivity index (χ3v) is 3.95. The zero-order chi connectivity index (χ0) is 15.1. The standard InChI is InChI=1S/C18H23NO2/c1-21-17-9-7-15(8-10-17)18(16(12-19)13-20)11-14-5-3-2-4-6-14/h2-10,16,18,20H,11-13,19H2,1H3/t16-,18-/m0/s1. The van der Waals surface area contributed by atoms with E-state index in [1.54, 1.807) is 7.11 Å². The Morgan fingerprint density at radius 2 is 1.71 bits per heavy atom. The fourth-order valence-corrected chi connectivity index (χ4v) is 2.64. The van der Waals surface area contributed by atoms with E-state index in [4.69, 9.17) is 10.5 Å². The summed E-state index contributed by atoms with van der Waals surface area (Å²) in [6.07, 6.45) is 0.871. The average Bonchev–Trinajstić information content (AvgIpc) is 2.56. The third kappa shape index (κ3) is 4.06. The zero-order valence-electron chi connectivity index (χ0n) is 12.4. The summed E-state index contributed by atoms with van der Waals surface area (Å²) in [4.78, 5) is 0. The second kappa shape index (κ2) is 7.81. The molecule has 0 saturated heterocycles. The van der Waals surface area contributed by atoms with Crippen molar-refractivity contribution in [3.63, 3.8) is 0 Å². The van der Waals surface area contributed by atoms with Crippen molar-refractivity contribution < 1.29 is 9.84 Å². The van der Waals surface area contributed by atoms with Crippen LogP contribution in [0.1, 0.15) is 17.0 Å². The highest BCUT2D eigenvalue weighted by molar-refractivity contribution is 5.31. The molecule has 3 nitrogen and oxygen atoms in total. The molecule has 2 aromatic rings. The van der Waals surface area contributed by atoms with Crippen LogP contribution in [0.2, 0.25) is 0 Å². The normalized spacial score (nSPS) is 13.7. The van der Waals surface area contributed by atoms with E-state index in [2.05, 4.69) is 24.3 Å². The number of benzene rings is 2. The highest BCUT2D eigenvalue weighted by atomic mass is 16.5. The molecule has 0 fully saturated rings. The van der Waals surface area contributed by atoms with Crippen molar-refractivity contribution in [2.24, 2.45) is 11.7 Å². The first-order chi connectivity index (χ1) is 10.3. The first-order valence-electron chi connectivity index (χ1n) is 7.27. The molecular formula is C18H23NO2. The number of ether oxygens (including phenoxy) is 1.